The Balaban J connectivity index is 1.12. The lowest BCUT2D eigenvalue weighted by Gasteiger charge is -2.30. The number of hydrogen-bond acceptors (Lipinski definition) is 2. The highest BCUT2D eigenvalue weighted by atomic mass is 15.0. The fourth-order valence-electron chi connectivity index (χ4n) is 9.71. The summed E-state index contributed by atoms with van der Waals surface area (Å²) < 4.78 is 2.44. The number of fused-ring (bicyclic) bond motifs is 13. The molecule has 0 saturated heterocycles. The average Bonchev–Trinajstić information content (AvgIpc) is 3.87. The maximum absolute atomic E-state index is 5.19. The lowest BCUT2D eigenvalue weighted by Crippen LogP contribution is -2.25. The third kappa shape index (κ3) is 4.28. The summed E-state index contributed by atoms with van der Waals surface area (Å²) in [6.07, 6.45) is 0. The van der Waals surface area contributed by atoms with Gasteiger partial charge in [-0.05, 0) is 80.9 Å². The van der Waals surface area contributed by atoms with Gasteiger partial charge in [0.25, 0.3) is 0 Å². The quantitative estimate of drug-likeness (QED) is 0.182. The average molecular weight is 712 g/mol. The highest BCUT2D eigenvalue weighted by Crippen LogP contribution is 2.63. The Morgan fingerprint density at radius 1 is 0.339 bits per heavy atom. The minimum atomic E-state index is -0.421. The minimum absolute atomic E-state index is 0.421. The predicted molar refractivity (Wildman–Crippen MR) is 229 cm³/mol. The molecule has 56 heavy (non-hydrogen) atoms. The second-order valence-corrected chi connectivity index (χ2v) is 14.9. The summed E-state index contributed by atoms with van der Waals surface area (Å²) in [5.41, 5.74) is 18.5. The molecule has 0 radical (unpaired) electrons. The van der Waals surface area contributed by atoms with Gasteiger partial charge in [-0.2, -0.15) is 0 Å². The van der Waals surface area contributed by atoms with Crippen LogP contribution in [0.2, 0.25) is 0 Å². The summed E-state index contributed by atoms with van der Waals surface area (Å²) in [6, 6.07) is 72.4. The first kappa shape index (κ1) is 31.0. The van der Waals surface area contributed by atoms with Gasteiger partial charge in [-0.3, -0.25) is 0 Å². The molecule has 12 rings (SSSR count). The number of aromatic nitrogens is 3. The number of hydrogen-bond donors (Lipinski definition) is 0. The van der Waals surface area contributed by atoms with Crippen molar-refractivity contribution in [1.82, 2.24) is 14.5 Å². The zero-order valence-electron chi connectivity index (χ0n) is 30.4. The largest absolute Gasteiger partial charge is 0.309 e. The molecule has 10 aromatic rings. The van der Waals surface area contributed by atoms with E-state index in [2.05, 4.69) is 193 Å². The summed E-state index contributed by atoms with van der Waals surface area (Å²) in [5.74, 6) is 0.697. The van der Waals surface area contributed by atoms with Gasteiger partial charge in [-0.25, -0.2) is 9.97 Å². The molecule has 0 unspecified atom stereocenters. The van der Waals surface area contributed by atoms with Gasteiger partial charge in [0.15, 0.2) is 5.82 Å². The van der Waals surface area contributed by atoms with Gasteiger partial charge < -0.3 is 4.57 Å². The van der Waals surface area contributed by atoms with Crippen molar-refractivity contribution in [3.8, 4) is 61.8 Å². The van der Waals surface area contributed by atoms with E-state index in [1.165, 1.54) is 66.3 Å². The monoisotopic (exact) mass is 711 g/mol. The molecular formula is C53H33N3. The Kier molecular flexibility index (Phi) is 6.55. The number of para-hydroxylation sites is 1. The van der Waals surface area contributed by atoms with Gasteiger partial charge >= 0.3 is 0 Å². The molecule has 0 N–H and O–H groups in total. The topological polar surface area (TPSA) is 30.7 Å². The van der Waals surface area contributed by atoms with Gasteiger partial charge in [0.05, 0.1) is 27.8 Å². The molecule has 0 atom stereocenters. The van der Waals surface area contributed by atoms with Crippen LogP contribution in [0.15, 0.2) is 200 Å². The van der Waals surface area contributed by atoms with Crippen LogP contribution in [0.3, 0.4) is 0 Å². The zero-order valence-corrected chi connectivity index (χ0v) is 30.4. The van der Waals surface area contributed by atoms with Crippen molar-refractivity contribution in [3.05, 3.63) is 222 Å². The highest BCUT2D eigenvalue weighted by molar-refractivity contribution is 6.12. The Labute approximate surface area is 324 Å². The normalized spacial score (nSPS) is 13.1. The van der Waals surface area contributed by atoms with Crippen molar-refractivity contribution in [1.29, 1.82) is 0 Å². The molecule has 260 valence electrons. The molecular weight excluding hydrogens is 679 g/mol. The number of benzene rings is 8. The fourth-order valence-corrected chi connectivity index (χ4v) is 9.71. The summed E-state index contributed by atoms with van der Waals surface area (Å²) >= 11 is 0. The van der Waals surface area contributed by atoms with E-state index in [4.69, 9.17) is 9.97 Å². The van der Waals surface area contributed by atoms with E-state index < -0.39 is 5.41 Å². The fraction of sp³-hybridized carbons (Fsp3) is 0.0189. The van der Waals surface area contributed by atoms with E-state index in [9.17, 15) is 0 Å². The molecule has 0 fully saturated rings. The van der Waals surface area contributed by atoms with E-state index in [1.807, 2.05) is 12.1 Å². The van der Waals surface area contributed by atoms with Crippen LogP contribution in [-0.4, -0.2) is 14.5 Å². The molecule has 8 aromatic carbocycles. The Hall–Kier alpha value is -7.36. The second kappa shape index (κ2) is 11.8. The van der Waals surface area contributed by atoms with Gasteiger partial charge in [0, 0.05) is 33.2 Å². The highest BCUT2D eigenvalue weighted by Gasteiger charge is 2.51. The molecule has 0 saturated carbocycles. The van der Waals surface area contributed by atoms with E-state index in [1.54, 1.807) is 0 Å². The van der Waals surface area contributed by atoms with Gasteiger partial charge in [-0.15, -0.1) is 0 Å². The molecule has 2 aliphatic rings. The van der Waals surface area contributed by atoms with Gasteiger partial charge in [0.1, 0.15) is 0 Å². The maximum Gasteiger partial charge on any atom is 0.160 e. The van der Waals surface area contributed by atoms with Gasteiger partial charge in [0.2, 0.25) is 0 Å². The van der Waals surface area contributed by atoms with E-state index in [0.29, 0.717) is 5.82 Å². The summed E-state index contributed by atoms with van der Waals surface area (Å²) in [7, 11) is 0. The smallest absolute Gasteiger partial charge is 0.160 e. The molecule has 0 bridgehead atoms. The van der Waals surface area contributed by atoms with Crippen LogP contribution in [0.4, 0.5) is 0 Å². The summed E-state index contributed by atoms with van der Waals surface area (Å²) in [6.45, 7) is 0. The Bertz CT molecular complexity index is 3090. The third-order valence-electron chi connectivity index (χ3n) is 12.0. The SMILES string of the molecule is c1ccc(-c2cc(-c3ccccc3)nc(-c3cccc(-n4c5ccccc5c5cc6c(cc54)C4(c5ccccc5-c5ccccc54)c4ccccc4-6)c3)n2)cc1. The van der Waals surface area contributed by atoms with Crippen molar-refractivity contribution in [3.63, 3.8) is 0 Å². The number of rotatable bonds is 4. The van der Waals surface area contributed by atoms with E-state index in [0.717, 1.165) is 33.8 Å². The van der Waals surface area contributed by atoms with Crippen molar-refractivity contribution >= 4 is 21.8 Å². The molecule has 3 nitrogen and oxygen atoms in total. The molecule has 2 heterocycles. The van der Waals surface area contributed by atoms with Crippen LogP contribution >= 0.6 is 0 Å². The van der Waals surface area contributed by atoms with Crippen LogP contribution in [0.25, 0.3) is 83.6 Å². The minimum Gasteiger partial charge on any atom is -0.309 e. The van der Waals surface area contributed by atoms with Crippen LogP contribution in [-0.2, 0) is 5.41 Å². The first-order valence-corrected chi connectivity index (χ1v) is 19.2. The van der Waals surface area contributed by atoms with Gasteiger partial charge in [-0.1, -0.05) is 164 Å². The second-order valence-electron chi connectivity index (χ2n) is 14.9. The first-order chi connectivity index (χ1) is 27.8. The predicted octanol–water partition coefficient (Wildman–Crippen LogP) is 12.9. The van der Waals surface area contributed by atoms with E-state index >= 15 is 0 Å². The molecule has 1 spiro atoms. The van der Waals surface area contributed by atoms with Crippen molar-refractivity contribution in [2.45, 2.75) is 5.41 Å². The Morgan fingerprint density at radius 2 is 0.857 bits per heavy atom. The first-order valence-electron chi connectivity index (χ1n) is 19.2. The van der Waals surface area contributed by atoms with Crippen LogP contribution in [0.1, 0.15) is 22.3 Å². The van der Waals surface area contributed by atoms with Crippen LogP contribution < -0.4 is 0 Å². The van der Waals surface area contributed by atoms with E-state index in [-0.39, 0.29) is 0 Å². The van der Waals surface area contributed by atoms with Crippen molar-refractivity contribution in [2.24, 2.45) is 0 Å². The number of nitrogens with zero attached hydrogens (tertiary/aromatic N) is 3. The third-order valence-corrected chi connectivity index (χ3v) is 12.0. The Morgan fingerprint density at radius 3 is 1.48 bits per heavy atom. The molecule has 2 aliphatic carbocycles. The maximum atomic E-state index is 5.19. The molecule has 0 amide bonds. The van der Waals surface area contributed by atoms with Crippen LogP contribution in [0.5, 0.6) is 0 Å². The molecule has 0 aliphatic heterocycles. The summed E-state index contributed by atoms with van der Waals surface area (Å²) in [4.78, 5) is 10.4. The van der Waals surface area contributed by atoms with Crippen molar-refractivity contribution in [2.75, 3.05) is 0 Å². The molecule has 3 heteroatoms. The van der Waals surface area contributed by atoms with Crippen LogP contribution in [0, 0.1) is 0 Å². The standard InChI is InChI=1S/C53H33N3/c1-3-16-34(17-4-1)48-33-49(35-18-5-2-6-19-35)55-52(54-48)36-20-15-21-37(30-36)56-50-29-14-10-25-41(50)43-31-42-40-24-9-13-28-46(40)53(47(42)32-51(43)56)44-26-11-7-22-38(44)39-23-8-12-27-45(39)53/h1-33H. The zero-order chi connectivity index (χ0) is 36.8. The lowest BCUT2D eigenvalue weighted by molar-refractivity contribution is 0.794. The van der Waals surface area contributed by atoms with Crippen molar-refractivity contribution < 1.29 is 0 Å². The lowest BCUT2D eigenvalue weighted by atomic mass is 9.70. The molecule has 2 aromatic heterocycles. The summed E-state index contributed by atoms with van der Waals surface area (Å²) in [5, 5.41) is 2.47.